The van der Waals surface area contributed by atoms with Gasteiger partial charge in [0.2, 0.25) is 0 Å². The third-order valence-electron chi connectivity index (χ3n) is 5.27. The predicted octanol–water partition coefficient (Wildman–Crippen LogP) is 4.06. The van der Waals surface area contributed by atoms with Gasteiger partial charge in [-0.15, -0.1) is 0 Å². The minimum absolute atomic E-state index is 0.150. The molecule has 2 aromatic carbocycles. The number of benzene rings is 2. The van der Waals surface area contributed by atoms with Crippen LogP contribution in [0.15, 0.2) is 51.1 Å². The molecule has 1 aromatic heterocycles. The number of halogens is 5. The summed E-state index contributed by atoms with van der Waals surface area (Å²) in [6.45, 7) is 0.205. The van der Waals surface area contributed by atoms with Gasteiger partial charge in [0, 0.05) is 45.8 Å². The summed E-state index contributed by atoms with van der Waals surface area (Å²) in [5, 5.41) is 0.161. The fraction of sp³-hybridized carbons (Fsp3) is 0.300. The summed E-state index contributed by atoms with van der Waals surface area (Å²) in [6, 6.07) is 4.80. The van der Waals surface area contributed by atoms with Gasteiger partial charge in [-0.25, -0.2) is 18.6 Å². The molecule has 0 fully saturated rings. The molecule has 3 aromatic rings. The minimum Gasteiger partial charge on any atom is -0.304 e. The number of likely N-dealkylation sites (N-methyl/N-ethyl adjacent to an activating group) is 1. The first-order valence-corrected chi connectivity index (χ1v) is 10.6. The molecule has 0 bridgehead atoms. The first-order chi connectivity index (χ1) is 14.1. The quantitative estimate of drug-likeness (QED) is 0.480. The van der Waals surface area contributed by atoms with Crippen molar-refractivity contribution in [3.8, 4) is 0 Å². The molecule has 0 aliphatic carbocycles. The van der Waals surface area contributed by atoms with E-state index in [0.29, 0.717) is 11.3 Å². The number of rotatable bonds is 2. The lowest BCUT2D eigenvalue weighted by molar-refractivity contribution is -0.137. The first kappa shape index (κ1) is 20.8. The highest BCUT2D eigenvalue weighted by atomic mass is 32.2. The van der Waals surface area contributed by atoms with E-state index in [4.69, 9.17) is 0 Å². The number of thiol groups is 1. The van der Waals surface area contributed by atoms with Gasteiger partial charge in [-0.05, 0) is 38.4 Å². The van der Waals surface area contributed by atoms with Gasteiger partial charge >= 0.3 is 11.9 Å². The molecule has 4 rings (SSSR count). The van der Waals surface area contributed by atoms with Crippen molar-refractivity contribution >= 4 is 21.8 Å². The van der Waals surface area contributed by atoms with Crippen molar-refractivity contribution in [1.29, 1.82) is 0 Å². The second-order valence-corrected chi connectivity index (χ2v) is 9.59. The van der Waals surface area contributed by atoms with Crippen molar-refractivity contribution in [3.05, 3.63) is 64.2 Å². The second-order valence-electron chi connectivity index (χ2n) is 7.41. The van der Waals surface area contributed by atoms with Crippen LogP contribution in [0.3, 0.4) is 0 Å². The highest BCUT2D eigenvalue weighted by molar-refractivity contribution is 8.17. The van der Waals surface area contributed by atoms with E-state index in [1.807, 2.05) is 4.90 Å². The Kier molecular flexibility index (Phi) is 5.09. The fourth-order valence-electron chi connectivity index (χ4n) is 3.69. The summed E-state index contributed by atoms with van der Waals surface area (Å²) < 4.78 is 70.3. The van der Waals surface area contributed by atoms with Gasteiger partial charge in [0.1, 0.15) is 11.6 Å². The SMILES string of the molecule is CN(C)C1Cn2c(=O)ncc3cc(C(F)(F)F)cc(c32)[SH](c2ccc(F)cc2F)C1. The molecule has 4 nitrogen and oxygen atoms in total. The monoisotopic (exact) mass is 443 g/mol. The van der Waals surface area contributed by atoms with Gasteiger partial charge in [-0.2, -0.15) is 24.1 Å². The summed E-state index contributed by atoms with van der Waals surface area (Å²) in [7, 11) is 1.92. The average molecular weight is 443 g/mol. The van der Waals surface area contributed by atoms with Crippen LogP contribution >= 0.6 is 10.9 Å². The number of hydrogen-bond donors (Lipinski definition) is 1. The van der Waals surface area contributed by atoms with Crippen LogP contribution in [0.5, 0.6) is 0 Å². The van der Waals surface area contributed by atoms with Crippen molar-refractivity contribution in [2.24, 2.45) is 0 Å². The van der Waals surface area contributed by atoms with Crippen LogP contribution < -0.4 is 5.69 Å². The van der Waals surface area contributed by atoms with Gasteiger partial charge in [0.25, 0.3) is 0 Å². The molecule has 0 saturated carbocycles. The third kappa shape index (κ3) is 3.58. The molecule has 1 aliphatic rings. The molecule has 0 amide bonds. The minimum atomic E-state index is -4.62. The molecule has 2 unspecified atom stereocenters. The Morgan fingerprint density at radius 2 is 1.87 bits per heavy atom. The van der Waals surface area contributed by atoms with Crippen molar-refractivity contribution in [2.45, 2.75) is 28.6 Å². The van der Waals surface area contributed by atoms with Gasteiger partial charge in [-0.1, -0.05) is 0 Å². The van der Waals surface area contributed by atoms with E-state index >= 15 is 0 Å². The Morgan fingerprint density at radius 3 is 2.50 bits per heavy atom. The maximum Gasteiger partial charge on any atom is 0.416 e. The molecule has 0 spiro atoms. The fourth-order valence-corrected chi connectivity index (χ4v) is 6.59. The second kappa shape index (κ2) is 7.35. The largest absolute Gasteiger partial charge is 0.416 e. The average Bonchev–Trinajstić information content (AvgIpc) is 2.83. The summed E-state index contributed by atoms with van der Waals surface area (Å²) in [5.41, 5.74) is -1.15. The third-order valence-corrected chi connectivity index (χ3v) is 7.92. The molecule has 30 heavy (non-hydrogen) atoms. The lowest BCUT2D eigenvalue weighted by Gasteiger charge is -2.29. The van der Waals surface area contributed by atoms with Crippen LogP contribution in [0.2, 0.25) is 0 Å². The van der Waals surface area contributed by atoms with Gasteiger partial charge in [0.05, 0.1) is 11.1 Å². The van der Waals surface area contributed by atoms with Crippen LogP contribution in [0.4, 0.5) is 22.0 Å². The number of nitrogens with zero attached hydrogens (tertiary/aromatic N) is 3. The van der Waals surface area contributed by atoms with E-state index in [9.17, 15) is 26.7 Å². The molecule has 160 valence electrons. The summed E-state index contributed by atoms with van der Waals surface area (Å²) >= 11 is 0. The van der Waals surface area contributed by atoms with E-state index in [2.05, 4.69) is 4.98 Å². The van der Waals surface area contributed by atoms with E-state index < -0.39 is 40.0 Å². The van der Waals surface area contributed by atoms with E-state index in [0.717, 1.165) is 30.5 Å². The van der Waals surface area contributed by atoms with E-state index in [-0.39, 0.29) is 27.8 Å². The predicted molar refractivity (Wildman–Crippen MR) is 105 cm³/mol. The van der Waals surface area contributed by atoms with Crippen molar-refractivity contribution in [1.82, 2.24) is 14.5 Å². The van der Waals surface area contributed by atoms with Gasteiger partial charge in [-0.3, -0.25) is 4.57 Å². The summed E-state index contributed by atoms with van der Waals surface area (Å²) in [6.07, 6.45) is -3.50. The standard InChI is InChI=1S/C20H18F5N3OS/c1-27(2)14-9-28-18-11(8-26-19(28)29)5-12(20(23,24)25)6-17(18)30(10-14)16-4-3-13(21)7-15(16)22/h3-8,14,30H,9-10H2,1-2H3. The van der Waals surface area contributed by atoms with Crippen LogP contribution in [-0.2, 0) is 12.7 Å². The highest BCUT2D eigenvalue weighted by Gasteiger charge is 2.35. The molecule has 10 heteroatoms. The Hall–Kier alpha value is -2.46. The zero-order valence-electron chi connectivity index (χ0n) is 16.0. The molecule has 0 N–H and O–H groups in total. The lowest BCUT2D eigenvalue weighted by atomic mass is 10.1. The summed E-state index contributed by atoms with van der Waals surface area (Å²) in [4.78, 5) is 18.5. The molecule has 2 atom stereocenters. The Morgan fingerprint density at radius 1 is 1.13 bits per heavy atom. The van der Waals surface area contributed by atoms with Gasteiger partial charge < -0.3 is 4.90 Å². The maximum absolute atomic E-state index is 14.7. The molecular weight excluding hydrogens is 425 g/mol. The Balaban J connectivity index is 2.09. The Labute approximate surface area is 171 Å². The molecule has 0 saturated heterocycles. The number of hydrogen-bond acceptors (Lipinski definition) is 3. The maximum atomic E-state index is 14.7. The smallest absolute Gasteiger partial charge is 0.304 e. The van der Waals surface area contributed by atoms with Crippen molar-refractivity contribution in [3.63, 3.8) is 0 Å². The van der Waals surface area contributed by atoms with Crippen LogP contribution in [0.1, 0.15) is 5.56 Å². The van der Waals surface area contributed by atoms with Crippen LogP contribution in [0.25, 0.3) is 10.9 Å². The zero-order valence-corrected chi connectivity index (χ0v) is 16.9. The highest BCUT2D eigenvalue weighted by Crippen LogP contribution is 2.51. The van der Waals surface area contributed by atoms with E-state index in [1.54, 1.807) is 14.1 Å². The van der Waals surface area contributed by atoms with E-state index in [1.165, 1.54) is 10.6 Å². The first-order valence-electron chi connectivity index (χ1n) is 9.06. The van der Waals surface area contributed by atoms with Crippen LogP contribution in [-0.4, -0.2) is 40.3 Å². The summed E-state index contributed by atoms with van der Waals surface area (Å²) in [5.74, 6) is -1.27. The number of alkyl halides is 3. The molecule has 0 radical (unpaired) electrons. The molecule has 1 aliphatic heterocycles. The normalized spacial score (nSPS) is 20.5. The van der Waals surface area contributed by atoms with Crippen LogP contribution in [0, 0.1) is 11.6 Å². The topological polar surface area (TPSA) is 38.1 Å². The van der Waals surface area contributed by atoms with Crippen molar-refractivity contribution < 1.29 is 22.0 Å². The van der Waals surface area contributed by atoms with Crippen molar-refractivity contribution in [2.75, 3.05) is 19.8 Å². The molecule has 2 heterocycles. The lowest BCUT2D eigenvalue weighted by Crippen LogP contribution is -2.37. The van der Waals surface area contributed by atoms with Gasteiger partial charge in [0.15, 0.2) is 0 Å². The number of aromatic nitrogens is 2. The molecular formula is C20H18F5N3OS. The zero-order chi connectivity index (χ0) is 21.8. The Bertz CT molecular complexity index is 1190.